The molecule has 0 aliphatic carbocycles. The van der Waals surface area contributed by atoms with E-state index in [9.17, 15) is 4.79 Å². The van der Waals surface area contributed by atoms with Gasteiger partial charge in [-0.1, -0.05) is 23.7 Å². The molecule has 0 unspecified atom stereocenters. The number of H-pyrrole nitrogens is 1. The van der Waals surface area contributed by atoms with Gasteiger partial charge in [0.15, 0.2) is 0 Å². The molecule has 3 rings (SSSR count). The van der Waals surface area contributed by atoms with E-state index < -0.39 is 5.97 Å². The SMILES string of the molecule is COC(=O)c1ccc(OC)c2[nH]c3c(Cl)cccc3c12. The van der Waals surface area contributed by atoms with Crippen LogP contribution in [0.2, 0.25) is 5.02 Å². The summed E-state index contributed by atoms with van der Waals surface area (Å²) in [6, 6.07) is 8.98. The van der Waals surface area contributed by atoms with Crippen molar-refractivity contribution in [3.63, 3.8) is 0 Å². The Morgan fingerprint density at radius 3 is 2.65 bits per heavy atom. The summed E-state index contributed by atoms with van der Waals surface area (Å²) in [5.41, 5.74) is 1.99. The van der Waals surface area contributed by atoms with Crippen LogP contribution in [0, 0.1) is 0 Å². The number of hydrogen-bond donors (Lipinski definition) is 1. The molecule has 0 bridgehead atoms. The molecule has 1 N–H and O–H groups in total. The second kappa shape index (κ2) is 4.72. The normalized spacial score (nSPS) is 10.9. The standard InChI is InChI=1S/C15H12ClNO3/c1-19-11-7-6-9(15(18)20-2)12-8-4-3-5-10(16)13(8)17-14(11)12/h3-7,17H,1-2H3. The van der Waals surface area contributed by atoms with Crippen LogP contribution in [0.3, 0.4) is 0 Å². The summed E-state index contributed by atoms with van der Waals surface area (Å²) in [7, 11) is 2.94. The first-order chi connectivity index (χ1) is 9.67. The lowest BCUT2D eigenvalue weighted by Crippen LogP contribution is -2.02. The quantitative estimate of drug-likeness (QED) is 0.731. The maximum Gasteiger partial charge on any atom is 0.338 e. The van der Waals surface area contributed by atoms with Gasteiger partial charge in [0.05, 0.1) is 35.8 Å². The molecular formula is C15H12ClNO3. The topological polar surface area (TPSA) is 51.3 Å². The summed E-state index contributed by atoms with van der Waals surface area (Å²) in [4.78, 5) is 15.2. The number of para-hydroxylation sites is 1. The number of carbonyl (C=O) groups excluding carboxylic acids is 1. The molecule has 0 radical (unpaired) electrons. The van der Waals surface area contributed by atoms with E-state index in [0.29, 0.717) is 16.3 Å². The Labute approximate surface area is 120 Å². The van der Waals surface area contributed by atoms with Gasteiger partial charge in [-0.05, 0) is 18.2 Å². The predicted molar refractivity (Wildman–Crippen MR) is 78.7 cm³/mol. The van der Waals surface area contributed by atoms with Crippen molar-refractivity contribution in [2.75, 3.05) is 14.2 Å². The lowest BCUT2D eigenvalue weighted by Gasteiger charge is -2.05. The van der Waals surface area contributed by atoms with E-state index in [1.165, 1.54) is 7.11 Å². The van der Waals surface area contributed by atoms with Crippen LogP contribution in [0.25, 0.3) is 21.8 Å². The molecule has 0 spiro atoms. The van der Waals surface area contributed by atoms with Crippen molar-refractivity contribution in [3.8, 4) is 5.75 Å². The van der Waals surface area contributed by atoms with Crippen molar-refractivity contribution in [2.45, 2.75) is 0 Å². The van der Waals surface area contributed by atoms with Gasteiger partial charge in [0.1, 0.15) is 5.75 Å². The van der Waals surface area contributed by atoms with E-state index in [0.717, 1.165) is 21.8 Å². The Morgan fingerprint density at radius 2 is 1.95 bits per heavy atom. The van der Waals surface area contributed by atoms with Crippen LogP contribution >= 0.6 is 11.6 Å². The van der Waals surface area contributed by atoms with Crippen molar-refractivity contribution in [1.29, 1.82) is 0 Å². The summed E-state index contributed by atoms with van der Waals surface area (Å²) in [5.74, 6) is 0.262. The molecular weight excluding hydrogens is 278 g/mol. The first kappa shape index (κ1) is 12.8. The van der Waals surface area contributed by atoms with Gasteiger partial charge < -0.3 is 14.5 Å². The van der Waals surface area contributed by atoms with E-state index >= 15 is 0 Å². The summed E-state index contributed by atoms with van der Waals surface area (Å²) in [6.07, 6.45) is 0. The van der Waals surface area contributed by atoms with Crippen molar-refractivity contribution in [1.82, 2.24) is 4.98 Å². The van der Waals surface area contributed by atoms with Crippen LogP contribution in [0.4, 0.5) is 0 Å². The fraction of sp³-hybridized carbons (Fsp3) is 0.133. The minimum Gasteiger partial charge on any atom is -0.495 e. The highest BCUT2D eigenvalue weighted by Gasteiger charge is 2.18. The lowest BCUT2D eigenvalue weighted by molar-refractivity contribution is 0.0603. The number of aromatic nitrogens is 1. The van der Waals surface area contributed by atoms with Gasteiger partial charge in [0, 0.05) is 10.8 Å². The molecule has 5 heteroatoms. The molecule has 0 amide bonds. The summed E-state index contributed by atoms with van der Waals surface area (Å²) in [5, 5.41) is 2.22. The van der Waals surface area contributed by atoms with Crippen molar-refractivity contribution in [2.24, 2.45) is 0 Å². The average molecular weight is 290 g/mol. The smallest absolute Gasteiger partial charge is 0.338 e. The third-order valence-corrected chi connectivity index (χ3v) is 3.64. The molecule has 102 valence electrons. The first-order valence-corrected chi connectivity index (χ1v) is 6.40. The van der Waals surface area contributed by atoms with E-state index in [4.69, 9.17) is 21.1 Å². The number of methoxy groups -OCH3 is 2. The average Bonchev–Trinajstić information content (AvgIpc) is 2.86. The van der Waals surface area contributed by atoms with E-state index in [1.807, 2.05) is 12.1 Å². The van der Waals surface area contributed by atoms with Gasteiger partial charge in [-0.15, -0.1) is 0 Å². The molecule has 4 nitrogen and oxygen atoms in total. The van der Waals surface area contributed by atoms with E-state index in [2.05, 4.69) is 4.98 Å². The molecule has 20 heavy (non-hydrogen) atoms. The molecule has 2 aromatic carbocycles. The number of carbonyl (C=O) groups is 1. The Hall–Kier alpha value is -2.20. The highest BCUT2D eigenvalue weighted by Crippen LogP contribution is 2.36. The van der Waals surface area contributed by atoms with Crippen LogP contribution < -0.4 is 4.74 Å². The van der Waals surface area contributed by atoms with Gasteiger partial charge in [0.2, 0.25) is 0 Å². The summed E-state index contributed by atoms with van der Waals surface area (Å²) in [6.45, 7) is 0. The molecule has 0 aliphatic rings. The number of nitrogens with one attached hydrogen (secondary N) is 1. The second-order valence-electron chi connectivity index (χ2n) is 4.34. The first-order valence-electron chi connectivity index (χ1n) is 6.02. The Balaban J connectivity index is 2.52. The number of halogens is 1. The fourth-order valence-corrected chi connectivity index (χ4v) is 2.64. The number of fused-ring (bicyclic) bond motifs is 3. The van der Waals surface area contributed by atoms with Crippen LogP contribution in [-0.4, -0.2) is 25.2 Å². The van der Waals surface area contributed by atoms with Crippen molar-refractivity contribution in [3.05, 3.63) is 40.9 Å². The monoisotopic (exact) mass is 289 g/mol. The van der Waals surface area contributed by atoms with Crippen LogP contribution in [0.1, 0.15) is 10.4 Å². The third-order valence-electron chi connectivity index (χ3n) is 3.33. The Bertz CT molecular complexity index is 823. The molecule has 3 aromatic rings. The minimum atomic E-state index is -0.390. The maximum absolute atomic E-state index is 11.9. The number of hydrogen-bond acceptors (Lipinski definition) is 3. The Morgan fingerprint density at radius 1 is 1.15 bits per heavy atom. The number of rotatable bonds is 2. The number of benzene rings is 2. The minimum absolute atomic E-state index is 0.390. The van der Waals surface area contributed by atoms with Gasteiger partial charge >= 0.3 is 5.97 Å². The van der Waals surface area contributed by atoms with Crippen LogP contribution in [0.5, 0.6) is 5.75 Å². The zero-order valence-electron chi connectivity index (χ0n) is 11.0. The molecule has 0 fully saturated rings. The molecule has 1 aromatic heterocycles. The predicted octanol–water partition coefficient (Wildman–Crippen LogP) is 3.77. The zero-order valence-corrected chi connectivity index (χ0v) is 11.7. The van der Waals surface area contributed by atoms with Gasteiger partial charge in [0.25, 0.3) is 0 Å². The lowest BCUT2D eigenvalue weighted by atomic mass is 10.1. The van der Waals surface area contributed by atoms with Crippen molar-refractivity contribution >= 4 is 39.4 Å². The number of esters is 1. The number of aromatic amines is 1. The highest BCUT2D eigenvalue weighted by atomic mass is 35.5. The molecule has 0 saturated heterocycles. The molecule has 1 heterocycles. The summed E-state index contributed by atoms with van der Waals surface area (Å²) < 4.78 is 10.2. The Kier molecular flexibility index (Phi) is 3.03. The second-order valence-corrected chi connectivity index (χ2v) is 4.75. The van der Waals surface area contributed by atoms with Crippen LogP contribution in [0.15, 0.2) is 30.3 Å². The largest absolute Gasteiger partial charge is 0.495 e. The summed E-state index contributed by atoms with van der Waals surface area (Å²) >= 11 is 6.20. The van der Waals surface area contributed by atoms with Crippen molar-refractivity contribution < 1.29 is 14.3 Å². The number of ether oxygens (including phenoxy) is 2. The third kappa shape index (κ3) is 1.72. The van der Waals surface area contributed by atoms with Crippen LogP contribution in [-0.2, 0) is 4.74 Å². The highest BCUT2D eigenvalue weighted by molar-refractivity contribution is 6.36. The molecule has 0 saturated carbocycles. The van der Waals surface area contributed by atoms with E-state index in [1.54, 1.807) is 25.3 Å². The van der Waals surface area contributed by atoms with Gasteiger partial charge in [-0.2, -0.15) is 0 Å². The van der Waals surface area contributed by atoms with Gasteiger partial charge in [-0.3, -0.25) is 0 Å². The molecule has 0 aliphatic heterocycles. The fourth-order valence-electron chi connectivity index (χ4n) is 2.42. The zero-order chi connectivity index (χ0) is 14.3. The van der Waals surface area contributed by atoms with E-state index in [-0.39, 0.29) is 0 Å². The molecule has 0 atom stereocenters. The maximum atomic E-state index is 11.9. The van der Waals surface area contributed by atoms with Gasteiger partial charge in [-0.25, -0.2) is 4.79 Å².